The summed E-state index contributed by atoms with van der Waals surface area (Å²) < 4.78 is 0. The molecule has 1 heterocycles. The summed E-state index contributed by atoms with van der Waals surface area (Å²) in [7, 11) is 0. The molecule has 0 saturated carbocycles. The maximum Gasteiger partial charge on any atom is 0.163 e. The summed E-state index contributed by atoms with van der Waals surface area (Å²) in [5.74, 6) is 0.699. The van der Waals surface area contributed by atoms with Crippen molar-refractivity contribution in [3.05, 3.63) is 91.5 Å². The van der Waals surface area contributed by atoms with E-state index in [9.17, 15) is 0 Å². The molecule has 28 heavy (non-hydrogen) atoms. The number of hydrogen-bond acceptors (Lipinski definition) is 3. The van der Waals surface area contributed by atoms with Crippen LogP contribution in [0.2, 0.25) is 0 Å². The zero-order valence-electron chi connectivity index (χ0n) is 15.0. The number of aromatic nitrogens is 3. The monoisotopic (exact) mass is 357 g/mol. The third-order valence-corrected chi connectivity index (χ3v) is 5.48. The van der Waals surface area contributed by atoms with Crippen LogP contribution in [0.4, 0.5) is 0 Å². The normalized spacial score (nSPS) is 11.6. The van der Waals surface area contributed by atoms with Gasteiger partial charge in [-0.15, -0.1) is 0 Å². The van der Waals surface area contributed by atoms with Gasteiger partial charge in [-0.2, -0.15) is 0 Å². The van der Waals surface area contributed by atoms with Crippen molar-refractivity contribution in [3.63, 3.8) is 0 Å². The Bertz CT molecular complexity index is 1500. The number of benzene rings is 5. The lowest BCUT2D eigenvalue weighted by Gasteiger charge is -2.15. The molecule has 6 aromatic rings. The molecular weight excluding hydrogens is 342 g/mol. The van der Waals surface area contributed by atoms with Crippen molar-refractivity contribution in [3.8, 4) is 11.4 Å². The molecule has 0 spiro atoms. The van der Waals surface area contributed by atoms with Crippen molar-refractivity contribution in [1.82, 2.24) is 15.0 Å². The predicted octanol–water partition coefficient (Wildman–Crippen LogP) is 6.15. The minimum absolute atomic E-state index is 0.699. The summed E-state index contributed by atoms with van der Waals surface area (Å²) in [6.07, 6.45) is 3.11. The van der Waals surface area contributed by atoms with Gasteiger partial charge in [0.25, 0.3) is 0 Å². The predicted molar refractivity (Wildman–Crippen MR) is 115 cm³/mol. The average molecular weight is 357 g/mol. The van der Waals surface area contributed by atoms with Gasteiger partial charge in [0.2, 0.25) is 0 Å². The van der Waals surface area contributed by atoms with Crippen LogP contribution in [-0.2, 0) is 0 Å². The summed E-state index contributed by atoms with van der Waals surface area (Å²) in [6, 6.07) is 28.0. The Balaban J connectivity index is 1.95. The molecule has 0 N–H and O–H groups in total. The minimum Gasteiger partial charge on any atom is -0.225 e. The van der Waals surface area contributed by atoms with E-state index in [-0.39, 0.29) is 0 Å². The fourth-order valence-electron chi connectivity index (χ4n) is 4.33. The lowest BCUT2D eigenvalue weighted by Crippen LogP contribution is -1.92. The van der Waals surface area contributed by atoms with Crippen molar-refractivity contribution in [2.45, 2.75) is 0 Å². The Labute approximate surface area is 161 Å². The Morgan fingerprint density at radius 1 is 0.464 bits per heavy atom. The van der Waals surface area contributed by atoms with Crippen LogP contribution in [0.1, 0.15) is 0 Å². The first-order chi connectivity index (χ1) is 13.9. The highest BCUT2D eigenvalue weighted by Crippen LogP contribution is 2.41. The Hall–Kier alpha value is -3.85. The zero-order chi connectivity index (χ0) is 18.5. The molecule has 0 fully saturated rings. The van der Waals surface area contributed by atoms with Crippen LogP contribution in [0.3, 0.4) is 0 Å². The molecule has 0 radical (unpaired) electrons. The lowest BCUT2D eigenvalue weighted by atomic mass is 9.89. The summed E-state index contributed by atoms with van der Waals surface area (Å²) in [4.78, 5) is 12.8. The molecule has 5 aromatic carbocycles. The second kappa shape index (κ2) is 5.83. The van der Waals surface area contributed by atoms with E-state index in [1.165, 1.54) is 37.7 Å². The van der Waals surface area contributed by atoms with Crippen molar-refractivity contribution in [1.29, 1.82) is 0 Å². The average Bonchev–Trinajstić information content (AvgIpc) is 2.79. The molecule has 0 aliphatic heterocycles. The molecule has 0 atom stereocenters. The van der Waals surface area contributed by atoms with Gasteiger partial charge in [-0.25, -0.2) is 15.0 Å². The van der Waals surface area contributed by atoms with E-state index in [2.05, 4.69) is 93.8 Å². The minimum atomic E-state index is 0.699. The number of rotatable bonds is 1. The Morgan fingerprint density at radius 3 is 1.57 bits per heavy atom. The molecule has 0 amide bonds. The van der Waals surface area contributed by atoms with E-state index in [0.29, 0.717) is 5.82 Å². The standard InChI is InChI=1S/C25H15N3/c1-2-9-18-16(7-1)17-8-3-5-11-20(17)24-21-12-6-4-10-19(21)23(13-22(18)24)25-27-14-26-15-28-25/h1-15H. The molecule has 1 aromatic heterocycles. The fraction of sp³-hybridized carbons (Fsp3) is 0. The quantitative estimate of drug-likeness (QED) is 0.331. The topological polar surface area (TPSA) is 38.7 Å². The van der Waals surface area contributed by atoms with Gasteiger partial charge >= 0.3 is 0 Å². The van der Waals surface area contributed by atoms with Crippen molar-refractivity contribution >= 4 is 43.1 Å². The summed E-state index contributed by atoms with van der Waals surface area (Å²) in [6.45, 7) is 0. The first-order valence-corrected chi connectivity index (χ1v) is 9.29. The molecular formula is C25H15N3. The smallest absolute Gasteiger partial charge is 0.163 e. The molecule has 6 rings (SSSR count). The van der Waals surface area contributed by atoms with Crippen molar-refractivity contribution < 1.29 is 0 Å². The van der Waals surface area contributed by atoms with E-state index in [1.807, 2.05) is 0 Å². The Morgan fingerprint density at radius 2 is 0.929 bits per heavy atom. The third-order valence-electron chi connectivity index (χ3n) is 5.48. The van der Waals surface area contributed by atoms with Gasteiger partial charge < -0.3 is 0 Å². The van der Waals surface area contributed by atoms with E-state index < -0.39 is 0 Å². The zero-order valence-corrected chi connectivity index (χ0v) is 15.0. The van der Waals surface area contributed by atoms with E-state index >= 15 is 0 Å². The van der Waals surface area contributed by atoms with E-state index in [1.54, 1.807) is 12.7 Å². The maximum atomic E-state index is 4.43. The SMILES string of the molecule is c1ccc2c(c1)c(-c1ncncn1)cc1c3ccccc3c3ccccc3c21. The summed E-state index contributed by atoms with van der Waals surface area (Å²) >= 11 is 0. The third kappa shape index (κ3) is 2.07. The van der Waals surface area contributed by atoms with Crippen LogP contribution < -0.4 is 0 Å². The lowest BCUT2D eigenvalue weighted by molar-refractivity contribution is 1.06. The van der Waals surface area contributed by atoms with Gasteiger partial charge in [-0.3, -0.25) is 0 Å². The highest BCUT2D eigenvalue weighted by Gasteiger charge is 2.15. The van der Waals surface area contributed by atoms with Gasteiger partial charge in [-0.1, -0.05) is 72.8 Å². The second-order valence-corrected chi connectivity index (χ2v) is 6.95. The summed E-state index contributed by atoms with van der Waals surface area (Å²) in [5, 5.41) is 9.95. The Kier molecular flexibility index (Phi) is 3.17. The molecule has 0 unspecified atom stereocenters. The molecule has 130 valence electrons. The molecule has 3 nitrogen and oxygen atoms in total. The highest BCUT2D eigenvalue weighted by atomic mass is 15.0. The van der Waals surface area contributed by atoms with Crippen molar-refractivity contribution in [2.75, 3.05) is 0 Å². The molecule has 0 aliphatic carbocycles. The van der Waals surface area contributed by atoms with Crippen LogP contribution in [0.15, 0.2) is 91.5 Å². The van der Waals surface area contributed by atoms with Gasteiger partial charge in [0.05, 0.1) is 0 Å². The molecule has 0 saturated heterocycles. The van der Waals surface area contributed by atoms with Crippen LogP contribution in [0, 0.1) is 0 Å². The second-order valence-electron chi connectivity index (χ2n) is 6.95. The molecule has 0 bridgehead atoms. The number of nitrogens with zero attached hydrogens (tertiary/aromatic N) is 3. The number of hydrogen-bond donors (Lipinski definition) is 0. The molecule has 3 heteroatoms. The highest BCUT2D eigenvalue weighted by molar-refractivity contribution is 6.32. The van der Waals surface area contributed by atoms with Gasteiger partial charge in [0, 0.05) is 5.56 Å². The van der Waals surface area contributed by atoms with E-state index in [4.69, 9.17) is 0 Å². The van der Waals surface area contributed by atoms with Gasteiger partial charge in [0.15, 0.2) is 5.82 Å². The molecule has 0 aliphatic rings. The first-order valence-electron chi connectivity index (χ1n) is 9.29. The summed E-state index contributed by atoms with van der Waals surface area (Å²) in [5.41, 5.74) is 1.03. The van der Waals surface area contributed by atoms with Crippen LogP contribution in [0.5, 0.6) is 0 Å². The number of fused-ring (bicyclic) bond motifs is 8. The van der Waals surface area contributed by atoms with Gasteiger partial charge in [-0.05, 0) is 49.2 Å². The van der Waals surface area contributed by atoms with E-state index in [0.717, 1.165) is 10.9 Å². The van der Waals surface area contributed by atoms with Crippen LogP contribution in [0.25, 0.3) is 54.5 Å². The largest absolute Gasteiger partial charge is 0.225 e. The van der Waals surface area contributed by atoms with Crippen LogP contribution >= 0.6 is 0 Å². The maximum absolute atomic E-state index is 4.43. The van der Waals surface area contributed by atoms with Crippen LogP contribution in [-0.4, -0.2) is 15.0 Å². The first kappa shape index (κ1) is 15.2. The van der Waals surface area contributed by atoms with Gasteiger partial charge in [0.1, 0.15) is 12.7 Å². The van der Waals surface area contributed by atoms with Crippen molar-refractivity contribution in [2.24, 2.45) is 0 Å². The fourth-order valence-corrected chi connectivity index (χ4v) is 4.33.